The highest BCUT2D eigenvalue weighted by molar-refractivity contribution is 6.08. The molecule has 0 spiro atoms. The third-order valence-corrected chi connectivity index (χ3v) is 5.00. The second kappa shape index (κ2) is 6.23. The van der Waals surface area contributed by atoms with Crippen LogP contribution in [0.1, 0.15) is 29.8 Å². The van der Waals surface area contributed by atoms with Gasteiger partial charge in [-0.25, -0.2) is 14.8 Å². The molecule has 2 heterocycles. The molecule has 28 heavy (non-hydrogen) atoms. The maximum atomic E-state index is 12.5. The molecular formula is C21H20N4O3. The number of phenols is 1. The van der Waals surface area contributed by atoms with Crippen molar-refractivity contribution in [2.24, 2.45) is 0 Å². The second-order valence-corrected chi connectivity index (χ2v) is 7.08. The van der Waals surface area contributed by atoms with Crippen LogP contribution in [0.2, 0.25) is 0 Å². The van der Waals surface area contributed by atoms with E-state index in [1.54, 1.807) is 22.8 Å². The van der Waals surface area contributed by atoms with Crippen LogP contribution in [0.25, 0.3) is 22.2 Å². The van der Waals surface area contributed by atoms with Crippen LogP contribution in [-0.2, 0) is 10.3 Å². The van der Waals surface area contributed by atoms with Crippen LogP contribution in [0.5, 0.6) is 5.75 Å². The van der Waals surface area contributed by atoms with Crippen molar-refractivity contribution in [3.63, 3.8) is 0 Å². The Kier molecular flexibility index (Phi) is 3.96. The van der Waals surface area contributed by atoms with E-state index in [0.717, 1.165) is 5.56 Å². The molecule has 142 valence electrons. The van der Waals surface area contributed by atoms with Gasteiger partial charge in [-0.3, -0.25) is 0 Å². The lowest BCUT2D eigenvalue weighted by Crippen LogP contribution is -2.29. The molecule has 0 aliphatic rings. The van der Waals surface area contributed by atoms with Crippen molar-refractivity contribution in [1.82, 2.24) is 14.5 Å². The number of hydrogen-bond acceptors (Lipinski definition) is 6. The van der Waals surface area contributed by atoms with Gasteiger partial charge in [-0.1, -0.05) is 24.3 Å². The van der Waals surface area contributed by atoms with Gasteiger partial charge >= 0.3 is 5.97 Å². The molecule has 2 aromatic heterocycles. The Morgan fingerprint density at radius 3 is 2.43 bits per heavy atom. The highest BCUT2D eigenvalue weighted by atomic mass is 16.5. The molecule has 4 rings (SSSR count). The predicted octanol–water partition coefficient (Wildman–Crippen LogP) is 3.44. The van der Waals surface area contributed by atoms with Crippen molar-refractivity contribution in [3.05, 3.63) is 59.7 Å². The van der Waals surface area contributed by atoms with E-state index < -0.39 is 11.5 Å². The number of aromatic nitrogens is 3. The van der Waals surface area contributed by atoms with Crippen molar-refractivity contribution < 1.29 is 14.6 Å². The number of methoxy groups -OCH3 is 1. The molecule has 0 unspecified atom stereocenters. The van der Waals surface area contributed by atoms with Gasteiger partial charge in [0.05, 0.1) is 23.7 Å². The molecule has 0 aliphatic carbocycles. The SMILES string of the molecule is COC(=O)c1c(N)n(C(C)(C)c2cccc(O)c2)c2nc3ccccc3nc12. The topological polar surface area (TPSA) is 103 Å². The van der Waals surface area contributed by atoms with E-state index >= 15 is 0 Å². The van der Waals surface area contributed by atoms with Crippen molar-refractivity contribution in [1.29, 1.82) is 0 Å². The van der Waals surface area contributed by atoms with Gasteiger partial charge in [0.25, 0.3) is 0 Å². The number of nitrogens with zero attached hydrogens (tertiary/aromatic N) is 3. The summed E-state index contributed by atoms with van der Waals surface area (Å²) < 4.78 is 6.71. The molecule has 2 aromatic carbocycles. The second-order valence-electron chi connectivity index (χ2n) is 7.08. The number of aromatic hydroxyl groups is 1. The van der Waals surface area contributed by atoms with Crippen molar-refractivity contribution in [3.8, 4) is 5.75 Å². The van der Waals surface area contributed by atoms with Gasteiger partial charge in [0, 0.05) is 0 Å². The first-order chi connectivity index (χ1) is 13.3. The lowest BCUT2D eigenvalue weighted by atomic mass is 9.93. The number of nitrogen functional groups attached to an aromatic ring is 1. The molecule has 0 radical (unpaired) electrons. The number of para-hydroxylation sites is 2. The van der Waals surface area contributed by atoms with Crippen LogP contribution in [0.15, 0.2) is 48.5 Å². The minimum atomic E-state index is -0.718. The highest BCUT2D eigenvalue weighted by Crippen LogP contribution is 2.37. The summed E-state index contributed by atoms with van der Waals surface area (Å²) in [6.07, 6.45) is 0. The maximum absolute atomic E-state index is 12.5. The summed E-state index contributed by atoms with van der Waals surface area (Å²) in [5.74, 6) is -0.214. The Bertz CT molecular complexity index is 1230. The van der Waals surface area contributed by atoms with Crippen LogP contribution in [0, 0.1) is 0 Å². The Morgan fingerprint density at radius 1 is 1.11 bits per heavy atom. The van der Waals surface area contributed by atoms with E-state index in [1.165, 1.54) is 7.11 Å². The summed E-state index contributed by atoms with van der Waals surface area (Å²) >= 11 is 0. The number of carbonyl (C=O) groups is 1. The van der Waals surface area contributed by atoms with Crippen molar-refractivity contribution in [2.75, 3.05) is 12.8 Å². The first-order valence-electron chi connectivity index (χ1n) is 8.79. The van der Waals surface area contributed by atoms with Gasteiger partial charge in [-0.2, -0.15) is 0 Å². The standard InChI is InChI=1S/C21H20N4O3/c1-21(2,12-7-6-8-13(26)11-12)25-18(22)16(20(27)28-3)17-19(25)24-15-10-5-4-9-14(15)23-17/h4-11,26H,22H2,1-3H3. The van der Waals surface area contributed by atoms with Gasteiger partial charge in [0.1, 0.15) is 22.6 Å². The summed E-state index contributed by atoms with van der Waals surface area (Å²) in [5.41, 5.74) is 8.92. The summed E-state index contributed by atoms with van der Waals surface area (Å²) in [5, 5.41) is 9.94. The molecule has 4 aromatic rings. The monoisotopic (exact) mass is 376 g/mol. The fraction of sp³-hybridized carbons (Fsp3) is 0.190. The Hall–Kier alpha value is -3.61. The normalized spacial score (nSPS) is 11.8. The highest BCUT2D eigenvalue weighted by Gasteiger charge is 2.33. The van der Waals surface area contributed by atoms with E-state index in [1.807, 2.05) is 44.2 Å². The fourth-order valence-electron chi connectivity index (χ4n) is 3.55. The largest absolute Gasteiger partial charge is 0.508 e. The zero-order valence-corrected chi connectivity index (χ0v) is 15.8. The molecule has 0 aliphatic heterocycles. The number of benzene rings is 2. The number of fused-ring (bicyclic) bond motifs is 2. The number of ether oxygens (including phenoxy) is 1. The number of esters is 1. The predicted molar refractivity (Wildman–Crippen MR) is 107 cm³/mol. The Labute approximate surface area is 161 Å². The third kappa shape index (κ3) is 2.55. The summed E-state index contributed by atoms with van der Waals surface area (Å²) in [7, 11) is 1.31. The molecule has 0 atom stereocenters. The van der Waals surface area contributed by atoms with Crippen LogP contribution >= 0.6 is 0 Å². The van der Waals surface area contributed by atoms with Crippen molar-refractivity contribution >= 4 is 34.0 Å². The fourth-order valence-corrected chi connectivity index (χ4v) is 3.55. The molecule has 7 heteroatoms. The average Bonchev–Trinajstić information content (AvgIpc) is 2.97. The van der Waals surface area contributed by atoms with Gasteiger partial charge < -0.3 is 20.1 Å². The number of rotatable bonds is 3. The maximum Gasteiger partial charge on any atom is 0.343 e. The number of nitrogens with two attached hydrogens (primary N) is 1. The minimum absolute atomic E-state index is 0.144. The van der Waals surface area contributed by atoms with Gasteiger partial charge in [0.15, 0.2) is 5.65 Å². The number of phenolic OH excluding ortho intramolecular Hbond substituents is 1. The first-order valence-corrected chi connectivity index (χ1v) is 8.79. The Morgan fingerprint density at radius 2 is 1.79 bits per heavy atom. The van der Waals surface area contributed by atoms with E-state index in [4.69, 9.17) is 15.5 Å². The van der Waals surface area contributed by atoms with Crippen LogP contribution in [0.4, 0.5) is 5.82 Å². The number of anilines is 1. The molecule has 0 fully saturated rings. The quantitative estimate of drug-likeness (QED) is 0.531. The van der Waals surface area contributed by atoms with E-state index in [9.17, 15) is 9.90 Å². The van der Waals surface area contributed by atoms with Crippen molar-refractivity contribution in [2.45, 2.75) is 19.4 Å². The van der Waals surface area contributed by atoms with Gasteiger partial charge in [-0.15, -0.1) is 0 Å². The summed E-state index contributed by atoms with van der Waals surface area (Å²) in [6.45, 7) is 3.88. The van der Waals surface area contributed by atoms with E-state index in [0.29, 0.717) is 22.2 Å². The molecule has 7 nitrogen and oxygen atoms in total. The van der Waals surface area contributed by atoms with Gasteiger partial charge in [-0.05, 0) is 43.7 Å². The minimum Gasteiger partial charge on any atom is -0.508 e. The zero-order chi connectivity index (χ0) is 20.1. The average molecular weight is 376 g/mol. The molecule has 0 bridgehead atoms. The third-order valence-electron chi connectivity index (χ3n) is 5.00. The number of carbonyl (C=O) groups excluding carboxylic acids is 1. The molecule has 3 N–H and O–H groups in total. The lowest BCUT2D eigenvalue weighted by molar-refractivity contribution is 0.0603. The smallest absolute Gasteiger partial charge is 0.343 e. The van der Waals surface area contributed by atoms with E-state index in [-0.39, 0.29) is 17.1 Å². The van der Waals surface area contributed by atoms with Crippen LogP contribution in [-0.4, -0.2) is 32.7 Å². The summed E-state index contributed by atoms with van der Waals surface area (Å²) in [6, 6.07) is 14.3. The molecular weight excluding hydrogens is 356 g/mol. The molecule has 0 amide bonds. The number of hydrogen-bond donors (Lipinski definition) is 2. The van der Waals surface area contributed by atoms with E-state index in [2.05, 4.69) is 4.98 Å². The lowest BCUT2D eigenvalue weighted by Gasteiger charge is -2.29. The van der Waals surface area contributed by atoms with Gasteiger partial charge in [0.2, 0.25) is 0 Å². The molecule has 0 saturated heterocycles. The molecule has 0 saturated carbocycles. The van der Waals surface area contributed by atoms with Crippen LogP contribution in [0.3, 0.4) is 0 Å². The summed E-state index contributed by atoms with van der Waals surface area (Å²) in [4.78, 5) is 21.9. The first kappa shape index (κ1) is 17.8. The zero-order valence-electron chi connectivity index (χ0n) is 15.8. The van der Waals surface area contributed by atoms with Crippen LogP contribution < -0.4 is 5.73 Å². The Balaban J connectivity index is 2.11.